The number of benzene rings is 2. The number of halogens is 1. The van der Waals surface area contributed by atoms with Crippen molar-refractivity contribution in [1.82, 2.24) is 15.0 Å². The highest BCUT2D eigenvalue weighted by Gasteiger charge is 2.20. The minimum absolute atomic E-state index is 0.0267. The zero-order valence-electron chi connectivity index (χ0n) is 18.4. The van der Waals surface area contributed by atoms with Crippen LogP contribution in [0.15, 0.2) is 53.4 Å². The molecule has 0 atom stereocenters. The number of hydrogen-bond donors (Lipinski definition) is 4. The van der Waals surface area contributed by atoms with E-state index in [-0.39, 0.29) is 59.8 Å². The second-order valence-corrected chi connectivity index (χ2v) is 11.5. The van der Waals surface area contributed by atoms with Gasteiger partial charge in [0.15, 0.2) is 22.2 Å². The molecule has 0 radical (unpaired) electrons. The smallest absolute Gasteiger partial charge is 0.296 e. The Morgan fingerprint density at radius 1 is 1.06 bits per heavy atom. The van der Waals surface area contributed by atoms with Gasteiger partial charge in [-0.15, -0.1) is 0 Å². The molecule has 2 aromatic carbocycles. The summed E-state index contributed by atoms with van der Waals surface area (Å²) in [6, 6.07) is 12.5. The van der Waals surface area contributed by atoms with E-state index in [1.54, 1.807) is 30.3 Å². The van der Waals surface area contributed by atoms with Crippen LogP contribution in [0.1, 0.15) is 0 Å². The van der Waals surface area contributed by atoms with E-state index in [2.05, 4.69) is 24.5 Å². The Bertz CT molecular complexity index is 1410. The fraction of sp³-hybridized carbons (Fsp3) is 0.211. The predicted octanol–water partition coefficient (Wildman–Crippen LogP) is 2.79. The standard InChI is InChI=1S/C19H21ClN6O7S3/c20-17-23-18(22-13-6-7-16(15(21)12-13)36(30,31)32)25-19(24-17)26(14-4-2-1-3-5-14)8-10-35(28,29)11-9-33-34-27/h1-7,12,27H,8-11,21H2,(H,30,31,32)(H,22,23,24,25). The van der Waals surface area contributed by atoms with Crippen LogP contribution in [-0.4, -0.2) is 65.6 Å². The number of sulfone groups is 1. The lowest BCUT2D eigenvalue weighted by molar-refractivity contribution is 0.367. The fourth-order valence-corrected chi connectivity index (χ4v) is 5.01. The molecule has 3 rings (SSSR count). The minimum atomic E-state index is -4.50. The van der Waals surface area contributed by atoms with Crippen molar-refractivity contribution < 1.29 is 30.1 Å². The SMILES string of the molecule is Nc1cc(Nc2nc(Cl)nc(N(CCS(=O)(=O)CCOSO)c3ccccc3)n2)ccc1S(=O)(=O)O. The molecule has 0 bridgehead atoms. The summed E-state index contributed by atoms with van der Waals surface area (Å²) >= 11 is 6.21. The molecule has 0 saturated carbocycles. The maximum atomic E-state index is 12.4. The zero-order chi connectivity index (χ0) is 26.3. The number of nitrogen functional groups attached to an aromatic ring is 1. The van der Waals surface area contributed by atoms with E-state index in [4.69, 9.17) is 21.9 Å². The molecule has 0 fully saturated rings. The van der Waals surface area contributed by atoms with E-state index in [9.17, 15) is 21.4 Å². The van der Waals surface area contributed by atoms with Crippen LogP contribution in [0.5, 0.6) is 0 Å². The molecule has 3 aromatic rings. The van der Waals surface area contributed by atoms with E-state index in [1.165, 1.54) is 17.0 Å². The average molecular weight is 577 g/mol. The van der Waals surface area contributed by atoms with Gasteiger partial charge in [-0.25, -0.2) is 8.42 Å². The molecule has 0 saturated heterocycles. The molecule has 194 valence electrons. The first-order valence-corrected chi connectivity index (χ1v) is 14.3. The second kappa shape index (κ2) is 12.0. The Hall–Kier alpha value is -2.73. The molecule has 36 heavy (non-hydrogen) atoms. The number of aromatic nitrogens is 3. The van der Waals surface area contributed by atoms with Crippen LogP contribution in [-0.2, 0) is 24.1 Å². The van der Waals surface area contributed by atoms with Crippen LogP contribution in [0.25, 0.3) is 0 Å². The summed E-state index contributed by atoms with van der Waals surface area (Å²) in [5, 5.41) is 2.63. The van der Waals surface area contributed by atoms with Gasteiger partial charge >= 0.3 is 0 Å². The van der Waals surface area contributed by atoms with Gasteiger partial charge in [0.1, 0.15) is 4.90 Å². The van der Waals surface area contributed by atoms with Crippen molar-refractivity contribution in [3.05, 3.63) is 53.8 Å². The van der Waals surface area contributed by atoms with Crippen LogP contribution in [0, 0.1) is 0 Å². The highest BCUT2D eigenvalue weighted by atomic mass is 35.5. The Morgan fingerprint density at radius 2 is 1.78 bits per heavy atom. The third-order valence-electron chi connectivity index (χ3n) is 4.61. The van der Waals surface area contributed by atoms with E-state index in [0.717, 1.165) is 6.07 Å². The summed E-state index contributed by atoms with van der Waals surface area (Å²) in [6.45, 7) is -0.214. The van der Waals surface area contributed by atoms with Gasteiger partial charge in [0.25, 0.3) is 10.1 Å². The van der Waals surface area contributed by atoms with E-state index >= 15 is 0 Å². The molecule has 0 unspecified atom stereocenters. The molecule has 0 amide bonds. The van der Waals surface area contributed by atoms with Gasteiger partial charge in [0.05, 0.1) is 23.8 Å². The van der Waals surface area contributed by atoms with Crippen LogP contribution >= 0.6 is 23.9 Å². The van der Waals surface area contributed by atoms with E-state index in [0.29, 0.717) is 11.4 Å². The molecule has 17 heteroatoms. The third-order valence-corrected chi connectivity index (χ3v) is 7.57. The van der Waals surface area contributed by atoms with Crippen LogP contribution in [0.2, 0.25) is 5.28 Å². The van der Waals surface area contributed by atoms with Crippen molar-refractivity contribution in [2.24, 2.45) is 0 Å². The molecule has 5 N–H and O–H groups in total. The Morgan fingerprint density at radius 3 is 2.42 bits per heavy atom. The summed E-state index contributed by atoms with van der Waals surface area (Å²) in [7, 11) is -8.05. The average Bonchev–Trinajstić information content (AvgIpc) is 2.79. The maximum absolute atomic E-state index is 12.4. The summed E-state index contributed by atoms with van der Waals surface area (Å²) in [5.41, 5.74) is 6.40. The van der Waals surface area contributed by atoms with E-state index in [1.807, 2.05) is 0 Å². The van der Waals surface area contributed by atoms with Gasteiger partial charge in [0, 0.05) is 17.9 Å². The number of para-hydroxylation sites is 1. The fourth-order valence-electron chi connectivity index (χ4n) is 2.99. The Labute approximate surface area is 216 Å². The van der Waals surface area contributed by atoms with Crippen molar-refractivity contribution in [2.75, 3.05) is 40.6 Å². The maximum Gasteiger partial charge on any atom is 0.296 e. The number of anilines is 5. The van der Waals surface area contributed by atoms with Crippen LogP contribution in [0.4, 0.5) is 29.0 Å². The third kappa shape index (κ3) is 7.89. The molecule has 1 aromatic heterocycles. The van der Waals surface area contributed by atoms with Crippen molar-refractivity contribution in [3.8, 4) is 0 Å². The van der Waals surface area contributed by atoms with Crippen molar-refractivity contribution in [2.45, 2.75) is 4.90 Å². The van der Waals surface area contributed by atoms with Crippen LogP contribution in [0.3, 0.4) is 0 Å². The minimum Gasteiger partial charge on any atom is -0.398 e. The van der Waals surface area contributed by atoms with E-state index < -0.39 is 24.9 Å². The Kier molecular flexibility index (Phi) is 9.29. The van der Waals surface area contributed by atoms with Crippen LogP contribution < -0.4 is 16.0 Å². The molecule has 0 aliphatic carbocycles. The number of rotatable bonds is 12. The largest absolute Gasteiger partial charge is 0.398 e. The molecular weight excluding hydrogens is 556 g/mol. The lowest BCUT2D eigenvalue weighted by Crippen LogP contribution is -2.28. The molecule has 1 heterocycles. The molecule has 13 nitrogen and oxygen atoms in total. The summed E-state index contributed by atoms with van der Waals surface area (Å²) in [6.07, 6.45) is 0. The lowest BCUT2D eigenvalue weighted by Gasteiger charge is -2.23. The summed E-state index contributed by atoms with van der Waals surface area (Å²) in [4.78, 5) is 13.5. The second-order valence-electron chi connectivity index (χ2n) is 7.12. The van der Waals surface area contributed by atoms with Gasteiger partial charge in [-0.3, -0.25) is 8.74 Å². The van der Waals surface area contributed by atoms with Crippen molar-refractivity contribution >= 4 is 72.8 Å². The molecule has 0 aliphatic heterocycles. The Balaban J connectivity index is 1.89. The highest BCUT2D eigenvalue weighted by molar-refractivity contribution is 7.91. The lowest BCUT2D eigenvalue weighted by atomic mass is 10.3. The quantitative estimate of drug-likeness (QED) is 0.106. The van der Waals surface area contributed by atoms with Gasteiger partial charge in [0.2, 0.25) is 17.2 Å². The summed E-state index contributed by atoms with van der Waals surface area (Å²) < 4.78 is 70.0. The summed E-state index contributed by atoms with van der Waals surface area (Å²) in [5.74, 6) is -0.555. The number of hydrogen-bond acceptors (Lipinski definition) is 13. The molecular formula is C19H21ClN6O7S3. The van der Waals surface area contributed by atoms with Crippen molar-refractivity contribution in [3.63, 3.8) is 0 Å². The zero-order valence-corrected chi connectivity index (χ0v) is 21.6. The van der Waals surface area contributed by atoms with Gasteiger partial charge < -0.3 is 20.5 Å². The molecule has 0 aliphatic rings. The topological polar surface area (TPSA) is 198 Å². The number of nitrogens with zero attached hydrogens (tertiary/aromatic N) is 4. The number of nitrogens with two attached hydrogens (primary N) is 1. The van der Waals surface area contributed by atoms with Gasteiger partial charge in [-0.05, 0) is 41.9 Å². The normalized spacial score (nSPS) is 11.9. The predicted molar refractivity (Wildman–Crippen MR) is 137 cm³/mol. The first kappa shape index (κ1) is 27.9. The van der Waals surface area contributed by atoms with Gasteiger partial charge in [-0.2, -0.15) is 23.4 Å². The number of nitrogens with one attached hydrogen (secondary N) is 1. The highest BCUT2D eigenvalue weighted by Crippen LogP contribution is 2.27. The monoisotopic (exact) mass is 576 g/mol. The van der Waals surface area contributed by atoms with Crippen molar-refractivity contribution in [1.29, 1.82) is 0 Å². The first-order valence-electron chi connectivity index (χ1n) is 10.0. The molecule has 0 spiro atoms. The first-order chi connectivity index (χ1) is 17.0. The van der Waals surface area contributed by atoms with Gasteiger partial charge in [-0.1, -0.05) is 18.2 Å².